The van der Waals surface area contributed by atoms with Gasteiger partial charge in [0.15, 0.2) is 0 Å². The molecule has 2 N–H and O–H groups in total. The molecule has 1 aliphatic rings. The van der Waals surface area contributed by atoms with Gasteiger partial charge in [0.25, 0.3) is 0 Å². The van der Waals surface area contributed by atoms with Crippen molar-refractivity contribution in [3.05, 3.63) is 16.1 Å². The first kappa shape index (κ1) is 13.5. The van der Waals surface area contributed by atoms with Crippen LogP contribution in [0, 0.1) is 12.8 Å². The first-order chi connectivity index (χ1) is 8.65. The van der Waals surface area contributed by atoms with E-state index >= 15 is 0 Å². The normalized spacial score (nSPS) is 18.6. The molecule has 1 aromatic rings. The van der Waals surface area contributed by atoms with E-state index in [9.17, 15) is 4.79 Å². The van der Waals surface area contributed by atoms with Crippen LogP contribution in [0.2, 0.25) is 0 Å². The van der Waals surface area contributed by atoms with Gasteiger partial charge in [0, 0.05) is 17.5 Å². The number of nitrogens with one attached hydrogen (secondary N) is 2. The molecule has 0 saturated carbocycles. The fourth-order valence-electron chi connectivity index (χ4n) is 2.28. The highest BCUT2D eigenvalue weighted by atomic mass is 32.1. The molecule has 4 nitrogen and oxygen atoms in total. The maximum atomic E-state index is 11.9. The van der Waals surface area contributed by atoms with Gasteiger partial charge in [0.1, 0.15) is 5.01 Å². The highest BCUT2D eigenvalue weighted by Crippen LogP contribution is 2.19. The Morgan fingerprint density at radius 2 is 2.33 bits per heavy atom. The second-order valence-electron chi connectivity index (χ2n) is 5.01. The van der Waals surface area contributed by atoms with Gasteiger partial charge in [-0.3, -0.25) is 4.79 Å². The summed E-state index contributed by atoms with van der Waals surface area (Å²) in [5.41, 5.74) is 1.02. The van der Waals surface area contributed by atoms with Crippen LogP contribution in [0.3, 0.4) is 0 Å². The van der Waals surface area contributed by atoms with E-state index in [4.69, 9.17) is 0 Å². The third-order valence-electron chi connectivity index (χ3n) is 3.32. The van der Waals surface area contributed by atoms with Crippen LogP contribution in [0.25, 0.3) is 0 Å². The Balaban J connectivity index is 1.79. The maximum absolute atomic E-state index is 11.9. The van der Waals surface area contributed by atoms with Crippen LogP contribution in [-0.2, 0) is 4.79 Å². The van der Waals surface area contributed by atoms with Crippen molar-refractivity contribution in [3.63, 3.8) is 0 Å². The van der Waals surface area contributed by atoms with Crippen molar-refractivity contribution >= 4 is 17.2 Å². The van der Waals surface area contributed by atoms with E-state index in [1.165, 1.54) is 0 Å². The molecule has 0 aromatic carbocycles. The van der Waals surface area contributed by atoms with Gasteiger partial charge in [-0.15, -0.1) is 11.3 Å². The Hall–Kier alpha value is -0.940. The topological polar surface area (TPSA) is 54.0 Å². The Bertz CT molecular complexity index is 399. The molecule has 0 bridgehead atoms. The second-order valence-corrected chi connectivity index (χ2v) is 5.90. The molecule has 1 saturated heterocycles. The first-order valence-corrected chi connectivity index (χ1v) is 7.45. The van der Waals surface area contributed by atoms with Crippen LogP contribution >= 0.6 is 11.3 Å². The van der Waals surface area contributed by atoms with Gasteiger partial charge in [-0.1, -0.05) is 0 Å². The van der Waals surface area contributed by atoms with Crippen molar-refractivity contribution in [3.8, 4) is 0 Å². The Morgan fingerprint density at radius 3 is 2.94 bits per heavy atom. The Morgan fingerprint density at radius 1 is 1.61 bits per heavy atom. The molecule has 18 heavy (non-hydrogen) atoms. The van der Waals surface area contributed by atoms with Crippen molar-refractivity contribution in [1.29, 1.82) is 0 Å². The lowest BCUT2D eigenvalue weighted by atomic mass is 9.94. The summed E-state index contributed by atoms with van der Waals surface area (Å²) in [5.74, 6) is 0.693. The molecule has 0 spiro atoms. The van der Waals surface area contributed by atoms with E-state index in [1.54, 1.807) is 11.3 Å². The average Bonchev–Trinajstić information content (AvgIpc) is 2.77. The van der Waals surface area contributed by atoms with Crippen molar-refractivity contribution in [2.75, 3.05) is 13.1 Å². The minimum atomic E-state index is 0.0258. The number of piperidine rings is 1. The summed E-state index contributed by atoms with van der Waals surface area (Å²) in [6, 6.07) is 0.0258. The van der Waals surface area contributed by atoms with Gasteiger partial charge in [-0.25, -0.2) is 4.98 Å². The van der Waals surface area contributed by atoms with Crippen molar-refractivity contribution in [2.24, 2.45) is 5.92 Å². The van der Waals surface area contributed by atoms with E-state index in [2.05, 4.69) is 15.6 Å². The fraction of sp³-hybridized carbons (Fsp3) is 0.692. The SMILES string of the molecule is Cc1csc(C(C)NC(=O)CC2CCNCC2)n1. The first-order valence-electron chi connectivity index (χ1n) is 6.57. The molecule has 1 amide bonds. The molecule has 5 heteroatoms. The molecule has 2 rings (SSSR count). The minimum Gasteiger partial charge on any atom is -0.347 e. The lowest BCUT2D eigenvalue weighted by molar-refractivity contribution is -0.122. The number of carbonyl (C=O) groups is 1. The van der Waals surface area contributed by atoms with E-state index < -0.39 is 0 Å². The third-order valence-corrected chi connectivity index (χ3v) is 4.46. The van der Waals surface area contributed by atoms with E-state index in [1.807, 2.05) is 19.2 Å². The van der Waals surface area contributed by atoms with Gasteiger partial charge < -0.3 is 10.6 Å². The highest BCUT2D eigenvalue weighted by Gasteiger charge is 2.19. The van der Waals surface area contributed by atoms with Gasteiger partial charge in [0.05, 0.1) is 6.04 Å². The predicted octanol–water partition coefficient (Wildman–Crippen LogP) is 2.02. The van der Waals surface area contributed by atoms with Crippen LogP contribution in [0.5, 0.6) is 0 Å². The summed E-state index contributed by atoms with van der Waals surface area (Å²) in [7, 11) is 0. The summed E-state index contributed by atoms with van der Waals surface area (Å²) < 4.78 is 0. The summed E-state index contributed by atoms with van der Waals surface area (Å²) in [6.45, 7) is 6.06. The average molecular weight is 267 g/mol. The van der Waals surface area contributed by atoms with Gasteiger partial charge >= 0.3 is 0 Å². The van der Waals surface area contributed by atoms with Crippen LogP contribution in [0.1, 0.15) is 42.9 Å². The number of hydrogen-bond donors (Lipinski definition) is 2. The Kier molecular flexibility index (Phi) is 4.72. The van der Waals surface area contributed by atoms with Crippen molar-refractivity contribution in [2.45, 2.75) is 39.2 Å². The number of amides is 1. The summed E-state index contributed by atoms with van der Waals surface area (Å²) in [6.07, 6.45) is 2.87. The van der Waals surface area contributed by atoms with Crippen LogP contribution in [-0.4, -0.2) is 24.0 Å². The zero-order valence-corrected chi connectivity index (χ0v) is 11.8. The molecule has 1 atom stereocenters. The summed E-state index contributed by atoms with van der Waals surface area (Å²) >= 11 is 1.61. The minimum absolute atomic E-state index is 0.0258. The van der Waals surface area contributed by atoms with Crippen LogP contribution in [0.15, 0.2) is 5.38 Å². The van der Waals surface area contributed by atoms with Crippen LogP contribution < -0.4 is 10.6 Å². The number of nitrogens with zero attached hydrogens (tertiary/aromatic N) is 1. The predicted molar refractivity (Wildman–Crippen MR) is 73.6 cm³/mol. The van der Waals surface area contributed by atoms with Gasteiger partial charge in [-0.2, -0.15) is 0 Å². The molecule has 0 aliphatic carbocycles. The number of hydrogen-bond acceptors (Lipinski definition) is 4. The van der Waals surface area contributed by atoms with Crippen molar-refractivity contribution < 1.29 is 4.79 Å². The quantitative estimate of drug-likeness (QED) is 0.877. The Labute approximate surface area is 112 Å². The number of thiazole rings is 1. The standard InChI is InChI=1S/C13H21N3OS/c1-9-8-18-13(15-9)10(2)16-12(17)7-11-3-5-14-6-4-11/h8,10-11,14H,3-7H2,1-2H3,(H,16,17). The molecular weight excluding hydrogens is 246 g/mol. The maximum Gasteiger partial charge on any atom is 0.220 e. The molecule has 100 valence electrons. The molecule has 1 fully saturated rings. The molecule has 1 unspecified atom stereocenters. The lowest BCUT2D eigenvalue weighted by Gasteiger charge is -2.22. The highest BCUT2D eigenvalue weighted by molar-refractivity contribution is 7.09. The zero-order chi connectivity index (χ0) is 13.0. The fourth-order valence-corrected chi connectivity index (χ4v) is 3.08. The molecule has 0 radical (unpaired) electrons. The number of rotatable bonds is 4. The van der Waals surface area contributed by atoms with Crippen LogP contribution in [0.4, 0.5) is 0 Å². The molecule has 1 aromatic heterocycles. The van der Waals surface area contributed by atoms with Crippen molar-refractivity contribution in [1.82, 2.24) is 15.6 Å². The van der Waals surface area contributed by atoms with Gasteiger partial charge in [0.2, 0.25) is 5.91 Å². The largest absolute Gasteiger partial charge is 0.347 e. The number of carbonyl (C=O) groups excluding carboxylic acids is 1. The molecule has 2 heterocycles. The molecule has 1 aliphatic heterocycles. The van der Waals surface area contributed by atoms with E-state index in [0.29, 0.717) is 12.3 Å². The van der Waals surface area contributed by atoms with E-state index in [0.717, 1.165) is 36.6 Å². The third kappa shape index (κ3) is 3.78. The number of aromatic nitrogens is 1. The summed E-state index contributed by atoms with van der Waals surface area (Å²) in [4.78, 5) is 16.4. The van der Waals surface area contributed by atoms with Gasteiger partial charge in [-0.05, 0) is 45.7 Å². The summed E-state index contributed by atoms with van der Waals surface area (Å²) in [5, 5.41) is 9.37. The number of aryl methyl sites for hydroxylation is 1. The van der Waals surface area contributed by atoms with E-state index in [-0.39, 0.29) is 11.9 Å². The zero-order valence-electron chi connectivity index (χ0n) is 11.0. The monoisotopic (exact) mass is 267 g/mol. The lowest BCUT2D eigenvalue weighted by Crippen LogP contribution is -2.33. The molecular formula is C13H21N3OS. The smallest absolute Gasteiger partial charge is 0.220 e. The second kappa shape index (κ2) is 6.29.